The van der Waals surface area contributed by atoms with Gasteiger partial charge in [-0.2, -0.15) is 18.4 Å². The second-order valence-electron chi connectivity index (χ2n) is 3.86. The van der Waals surface area contributed by atoms with E-state index in [1.807, 2.05) is 0 Å². The monoisotopic (exact) mass is 274 g/mol. The van der Waals surface area contributed by atoms with Crippen LogP contribution in [-0.4, -0.2) is 31.5 Å². The molecular formula is C12H13F3N2O2. The van der Waals surface area contributed by atoms with E-state index in [9.17, 15) is 18.3 Å². The standard InChI is InChI=1S/C12H13F3N2O2/c1-19-7-9(18)6-17-11-3-2-8(5-16)4-10(11)12(13,14)15/h2-4,9,17-18H,6-7H2,1H3/t9-/m1/s1. The van der Waals surface area contributed by atoms with E-state index in [1.165, 1.54) is 19.2 Å². The Balaban J connectivity index is 2.91. The SMILES string of the molecule is COC[C@H](O)CNc1ccc(C#N)cc1C(F)(F)F. The van der Waals surface area contributed by atoms with E-state index >= 15 is 0 Å². The number of aliphatic hydroxyl groups excluding tert-OH is 1. The van der Waals surface area contributed by atoms with Gasteiger partial charge >= 0.3 is 6.18 Å². The van der Waals surface area contributed by atoms with Gasteiger partial charge in [0.25, 0.3) is 0 Å². The van der Waals surface area contributed by atoms with E-state index in [1.54, 1.807) is 6.07 Å². The van der Waals surface area contributed by atoms with E-state index in [2.05, 4.69) is 10.1 Å². The number of alkyl halides is 3. The number of rotatable bonds is 5. The highest BCUT2D eigenvalue weighted by Gasteiger charge is 2.33. The minimum absolute atomic E-state index is 0.0185. The van der Waals surface area contributed by atoms with Gasteiger partial charge in [0.1, 0.15) is 0 Å². The summed E-state index contributed by atoms with van der Waals surface area (Å²) in [6.07, 6.45) is -5.48. The Morgan fingerprint density at radius 1 is 1.47 bits per heavy atom. The maximum Gasteiger partial charge on any atom is 0.418 e. The minimum Gasteiger partial charge on any atom is -0.389 e. The van der Waals surface area contributed by atoms with Gasteiger partial charge < -0.3 is 15.2 Å². The van der Waals surface area contributed by atoms with E-state index in [0.717, 1.165) is 6.07 Å². The highest BCUT2D eigenvalue weighted by molar-refractivity contribution is 5.56. The Kier molecular flexibility index (Phi) is 5.15. The van der Waals surface area contributed by atoms with E-state index in [-0.39, 0.29) is 24.4 Å². The molecule has 0 heterocycles. The second-order valence-corrected chi connectivity index (χ2v) is 3.86. The first-order chi connectivity index (χ1) is 8.88. The number of hydrogen-bond acceptors (Lipinski definition) is 4. The van der Waals surface area contributed by atoms with Crippen LogP contribution in [0, 0.1) is 11.3 Å². The molecule has 0 saturated heterocycles. The molecule has 1 atom stereocenters. The van der Waals surface area contributed by atoms with Gasteiger partial charge in [-0.05, 0) is 18.2 Å². The molecule has 2 N–H and O–H groups in total. The third-order valence-corrected chi connectivity index (χ3v) is 2.34. The molecule has 0 unspecified atom stereocenters. The molecular weight excluding hydrogens is 261 g/mol. The van der Waals surface area contributed by atoms with Gasteiger partial charge in [-0.3, -0.25) is 0 Å². The first kappa shape index (κ1) is 15.3. The average Bonchev–Trinajstić information content (AvgIpc) is 2.35. The second kappa shape index (κ2) is 6.41. The van der Waals surface area contributed by atoms with Crippen LogP contribution in [-0.2, 0) is 10.9 Å². The summed E-state index contributed by atoms with van der Waals surface area (Å²) in [7, 11) is 1.38. The van der Waals surface area contributed by atoms with Gasteiger partial charge in [0.05, 0.1) is 29.9 Å². The average molecular weight is 274 g/mol. The van der Waals surface area contributed by atoms with Gasteiger partial charge in [0.15, 0.2) is 0 Å². The van der Waals surface area contributed by atoms with Crippen molar-refractivity contribution in [3.63, 3.8) is 0 Å². The fourth-order valence-electron chi connectivity index (χ4n) is 1.48. The number of methoxy groups -OCH3 is 1. The largest absolute Gasteiger partial charge is 0.418 e. The van der Waals surface area contributed by atoms with Crippen LogP contribution in [0.3, 0.4) is 0 Å². The quantitative estimate of drug-likeness (QED) is 0.862. The van der Waals surface area contributed by atoms with Crippen molar-refractivity contribution in [2.75, 3.05) is 25.6 Å². The summed E-state index contributed by atoms with van der Waals surface area (Å²) in [6.45, 7) is -0.0621. The van der Waals surface area contributed by atoms with Crippen molar-refractivity contribution in [1.82, 2.24) is 0 Å². The summed E-state index contributed by atoms with van der Waals surface area (Å²) in [5, 5.41) is 20.5. The maximum atomic E-state index is 12.8. The van der Waals surface area contributed by atoms with E-state index in [4.69, 9.17) is 5.26 Å². The molecule has 0 radical (unpaired) electrons. The number of benzene rings is 1. The molecule has 1 aromatic rings. The lowest BCUT2D eigenvalue weighted by Gasteiger charge is -2.16. The van der Waals surface area contributed by atoms with Crippen molar-refractivity contribution in [1.29, 1.82) is 5.26 Å². The zero-order valence-electron chi connectivity index (χ0n) is 10.2. The van der Waals surface area contributed by atoms with E-state index in [0.29, 0.717) is 0 Å². The van der Waals surface area contributed by atoms with Crippen LogP contribution in [0.4, 0.5) is 18.9 Å². The maximum absolute atomic E-state index is 12.8. The van der Waals surface area contributed by atoms with Crippen molar-refractivity contribution in [3.8, 4) is 6.07 Å². The molecule has 19 heavy (non-hydrogen) atoms. The number of hydrogen-bond donors (Lipinski definition) is 2. The van der Waals surface area contributed by atoms with Gasteiger partial charge in [-0.15, -0.1) is 0 Å². The van der Waals surface area contributed by atoms with Crippen molar-refractivity contribution < 1.29 is 23.0 Å². The molecule has 7 heteroatoms. The summed E-state index contributed by atoms with van der Waals surface area (Å²) in [6, 6.07) is 4.87. The van der Waals surface area contributed by atoms with E-state index < -0.39 is 17.8 Å². The molecule has 104 valence electrons. The predicted molar refractivity (Wildman–Crippen MR) is 62.5 cm³/mol. The van der Waals surface area contributed by atoms with Gasteiger partial charge in [-0.1, -0.05) is 0 Å². The normalized spacial score (nSPS) is 12.8. The van der Waals surface area contributed by atoms with Crippen LogP contribution < -0.4 is 5.32 Å². The molecule has 1 rings (SSSR count). The van der Waals surface area contributed by atoms with Gasteiger partial charge in [0, 0.05) is 19.3 Å². The number of halogens is 3. The van der Waals surface area contributed by atoms with Crippen LogP contribution >= 0.6 is 0 Å². The summed E-state index contributed by atoms with van der Waals surface area (Å²) < 4.78 is 43.1. The van der Waals surface area contributed by atoms with Crippen LogP contribution in [0.15, 0.2) is 18.2 Å². The molecule has 0 fully saturated rings. The lowest BCUT2D eigenvalue weighted by molar-refractivity contribution is -0.137. The first-order valence-electron chi connectivity index (χ1n) is 5.40. The van der Waals surface area contributed by atoms with Crippen LogP contribution in [0.5, 0.6) is 0 Å². The number of nitrogens with zero attached hydrogens (tertiary/aromatic N) is 1. The van der Waals surface area contributed by atoms with Crippen LogP contribution in [0.2, 0.25) is 0 Å². The van der Waals surface area contributed by atoms with Crippen molar-refractivity contribution in [2.24, 2.45) is 0 Å². The van der Waals surface area contributed by atoms with Gasteiger partial charge in [-0.25, -0.2) is 0 Å². The summed E-state index contributed by atoms with van der Waals surface area (Å²) in [5.74, 6) is 0. The fraction of sp³-hybridized carbons (Fsp3) is 0.417. The smallest absolute Gasteiger partial charge is 0.389 e. The highest BCUT2D eigenvalue weighted by atomic mass is 19.4. The number of anilines is 1. The number of nitrogens with one attached hydrogen (secondary N) is 1. The summed E-state index contributed by atoms with van der Waals surface area (Å²) in [4.78, 5) is 0. The molecule has 0 bridgehead atoms. The number of ether oxygens (including phenoxy) is 1. The molecule has 0 spiro atoms. The predicted octanol–water partition coefficient (Wildman–Crippen LogP) is 2.00. The Bertz CT molecular complexity index is 469. The Morgan fingerprint density at radius 2 is 2.16 bits per heavy atom. The highest BCUT2D eigenvalue weighted by Crippen LogP contribution is 2.35. The lowest BCUT2D eigenvalue weighted by Crippen LogP contribution is -2.25. The zero-order valence-corrected chi connectivity index (χ0v) is 10.2. The number of aliphatic hydroxyl groups is 1. The third kappa shape index (κ3) is 4.43. The molecule has 0 aliphatic carbocycles. The first-order valence-corrected chi connectivity index (χ1v) is 5.40. The Labute approximate surface area is 108 Å². The zero-order chi connectivity index (χ0) is 14.5. The number of nitriles is 1. The molecule has 4 nitrogen and oxygen atoms in total. The topological polar surface area (TPSA) is 65.3 Å². The van der Waals surface area contributed by atoms with Crippen LogP contribution in [0.1, 0.15) is 11.1 Å². The molecule has 0 aliphatic heterocycles. The van der Waals surface area contributed by atoms with Crippen molar-refractivity contribution >= 4 is 5.69 Å². The molecule has 0 aliphatic rings. The molecule has 0 aromatic heterocycles. The summed E-state index contributed by atoms with van der Waals surface area (Å²) in [5.41, 5.74) is -1.19. The molecule has 1 aromatic carbocycles. The van der Waals surface area contributed by atoms with Crippen molar-refractivity contribution in [2.45, 2.75) is 12.3 Å². The Hall–Kier alpha value is -1.78. The fourth-order valence-corrected chi connectivity index (χ4v) is 1.48. The van der Waals surface area contributed by atoms with Gasteiger partial charge in [0.2, 0.25) is 0 Å². The third-order valence-electron chi connectivity index (χ3n) is 2.34. The molecule has 0 saturated carbocycles. The minimum atomic E-state index is -4.57. The summed E-state index contributed by atoms with van der Waals surface area (Å²) >= 11 is 0. The molecule has 0 amide bonds. The van der Waals surface area contributed by atoms with Crippen molar-refractivity contribution in [3.05, 3.63) is 29.3 Å². The Morgan fingerprint density at radius 3 is 2.68 bits per heavy atom. The lowest BCUT2D eigenvalue weighted by atomic mass is 10.1. The van der Waals surface area contributed by atoms with Crippen LogP contribution in [0.25, 0.3) is 0 Å².